The number of hydrogen-bond acceptors (Lipinski definition) is 4. The van der Waals surface area contributed by atoms with Gasteiger partial charge in [0.1, 0.15) is 0 Å². The number of aryl methyl sites for hydroxylation is 2. The summed E-state index contributed by atoms with van der Waals surface area (Å²) in [5.41, 5.74) is 5.27. The van der Waals surface area contributed by atoms with Crippen molar-refractivity contribution in [3.05, 3.63) is 76.9 Å². The molecule has 2 aromatic heterocycles. The third kappa shape index (κ3) is 4.28. The molecule has 0 saturated carbocycles. The molecule has 6 nitrogen and oxygen atoms in total. The molecule has 3 aromatic rings. The zero-order valence-electron chi connectivity index (χ0n) is 17.1. The predicted octanol–water partition coefficient (Wildman–Crippen LogP) is 3.88. The molecule has 0 aliphatic heterocycles. The van der Waals surface area contributed by atoms with E-state index < -0.39 is 0 Å². The molecule has 1 N–H and O–H groups in total. The summed E-state index contributed by atoms with van der Waals surface area (Å²) in [4.78, 5) is 19.4. The number of rotatable bonds is 6. The van der Waals surface area contributed by atoms with Crippen LogP contribution in [0, 0.1) is 13.8 Å². The molecule has 2 heterocycles. The van der Waals surface area contributed by atoms with Gasteiger partial charge in [0.25, 0.3) is 5.91 Å². The highest BCUT2D eigenvalue weighted by Gasteiger charge is 2.16. The topological polar surface area (TPSA) is 63.1 Å². The van der Waals surface area contributed by atoms with Crippen LogP contribution < -0.4 is 5.32 Å². The van der Waals surface area contributed by atoms with Gasteiger partial charge in [-0.2, -0.15) is 5.10 Å². The van der Waals surface area contributed by atoms with Gasteiger partial charge in [-0.1, -0.05) is 18.2 Å². The first kappa shape index (κ1) is 19.8. The minimum absolute atomic E-state index is 0.124. The van der Waals surface area contributed by atoms with Gasteiger partial charge in [-0.3, -0.25) is 19.4 Å². The molecule has 0 bridgehead atoms. The first-order valence-corrected chi connectivity index (χ1v) is 9.38. The van der Waals surface area contributed by atoms with Gasteiger partial charge in [0.15, 0.2) is 0 Å². The number of amides is 1. The van der Waals surface area contributed by atoms with Crippen LogP contribution in [0.5, 0.6) is 0 Å². The highest BCUT2D eigenvalue weighted by molar-refractivity contribution is 6.05. The minimum Gasteiger partial charge on any atom is -0.319 e. The van der Waals surface area contributed by atoms with E-state index in [4.69, 9.17) is 0 Å². The van der Waals surface area contributed by atoms with Gasteiger partial charge in [0, 0.05) is 31.4 Å². The fourth-order valence-electron chi connectivity index (χ4n) is 3.22. The van der Waals surface area contributed by atoms with Crippen LogP contribution in [-0.2, 0) is 13.6 Å². The Labute approximate surface area is 166 Å². The second-order valence-corrected chi connectivity index (χ2v) is 7.17. The van der Waals surface area contributed by atoms with E-state index in [-0.39, 0.29) is 11.9 Å². The van der Waals surface area contributed by atoms with Crippen molar-refractivity contribution in [2.75, 3.05) is 12.4 Å². The lowest BCUT2D eigenvalue weighted by molar-refractivity contribution is 0.102. The molecule has 0 radical (unpaired) electrons. The molecule has 0 unspecified atom stereocenters. The van der Waals surface area contributed by atoms with E-state index >= 15 is 0 Å². The van der Waals surface area contributed by atoms with Crippen molar-refractivity contribution >= 4 is 11.6 Å². The van der Waals surface area contributed by atoms with Gasteiger partial charge in [-0.05, 0) is 57.6 Å². The Morgan fingerprint density at radius 2 is 2.00 bits per heavy atom. The van der Waals surface area contributed by atoms with Crippen molar-refractivity contribution in [1.29, 1.82) is 0 Å². The van der Waals surface area contributed by atoms with Crippen molar-refractivity contribution in [2.24, 2.45) is 7.05 Å². The molecule has 28 heavy (non-hydrogen) atoms. The molecule has 6 heteroatoms. The van der Waals surface area contributed by atoms with E-state index in [1.54, 1.807) is 4.68 Å². The number of aromatic nitrogens is 3. The number of nitrogens with one attached hydrogen (secondary N) is 1. The summed E-state index contributed by atoms with van der Waals surface area (Å²) in [5, 5.41) is 7.35. The Kier molecular flexibility index (Phi) is 5.90. The monoisotopic (exact) mass is 377 g/mol. The zero-order chi connectivity index (χ0) is 20.3. The fraction of sp³-hybridized carbons (Fsp3) is 0.318. The zero-order valence-corrected chi connectivity index (χ0v) is 17.1. The molecule has 1 amide bonds. The van der Waals surface area contributed by atoms with E-state index in [1.165, 1.54) is 0 Å². The van der Waals surface area contributed by atoms with Crippen molar-refractivity contribution in [1.82, 2.24) is 19.7 Å². The Bertz CT molecular complexity index is 964. The predicted molar refractivity (Wildman–Crippen MR) is 111 cm³/mol. The van der Waals surface area contributed by atoms with Gasteiger partial charge in [-0.15, -0.1) is 0 Å². The Hall–Kier alpha value is -2.99. The molecule has 146 valence electrons. The molecule has 1 aromatic carbocycles. The van der Waals surface area contributed by atoms with Crippen LogP contribution >= 0.6 is 0 Å². The molecule has 1 atom stereocenters. The van der Waals surface area contributed by atoms with Crippen molar-refractivity contribution in [3.63, 3.8) is 0 Å². The maximum absolute atomic E-state index is 12.7. The summed E-state index contributed by atoms with van der Waals surface area (Å²) in [6.45, 7) is 6.70. The van der Waals surface area contributed by atoms with Crippen molar-refractivity contribution in [3.8, 4) is 0 Å². The van der Waals surface area contributed by atoms with Crippen LogP contribution in [-0.4, -0.2) is 32.6 Å². The first-order chi connectivity index (χ1) is 13.4. The molecule has 0 spiro atoms. The average molecular weight is 377 g/mol. The average Bonchev–Trinajstić information content (AvgIpc) is 2.94. The quantitative estimate of drug-likeness (QED) is 0.708. The largest absolute Gasteiger partial charge is 0.319 e. The van der Waals surface area contributed by atoms with E-state index in [1.807, 2.05) is 69.6 Å². The lowest BCUT2D eigenvalue weighted by Crippen LogP contribution is -2.23. The van der Waals surface area contributed by atoms with Crippen molar-refractivity contribution in [2.45, 2.75) is 33.4 Å². The Morgan fingerprint density at radius 3 is 2.64 bits per heavy atom. The first-order valence-electron chi connectivity index (χ1n) is 9.38. The van der Waals surface area contributed by atoms with Crippen LogP contribution in [0.15, 0.2) is 48.7 Å². The maximum Gasteiger partial charge on any atom is 0.255 e. The molecule has 3 rings (SSSR count). The summed E-state index contributed by atoms with van der Waals surface area (Å²) in [5.74, 6) is -0.124. The lowest BCUT2D eigenvalue weighted by Gasteiger charge is -2.24. The summed E-state index contributed by atoms with van der Waals surface area (Å²) in [6.07, 6.45) is 1.81. The third-order valence-corrected chi connectivity index (χ3v) is 5.15. The van der Waals surface area contributed by atoms with Gasteiger partial charge in [-0.25, -0.2) is 0 Å². The number of pyridine rings is 1. The van der Waals surface area contributed by atoms with Crippen LogP contribution in [0.25, 0.3) is 0 Å². The van der Waals surface area contributed by atoms with Crippen LogP contribution in [0.1, 0.15) is 46.0 Å². The van der Waals surface area contributed by atoms with Gasteiger partial charge < -0.3 is 5.32 Å². The number of anilines is 1. The highest BCUT2D eigenvalue weighted by atomic mass is 16.1. The molecular weight excluding hydrogens is 350 g/mol. The standard InChI is InChI=1S/C22H27N5O/c1-15-21(17(3)27(5)25-15)24-22(28)19-10-8-9-18(13-19)14-26(4)16(2)20-11-6-7-12-23-20/h6-13,16H,14H2,1-5H3,(H,24,28)/t16-/m1/s1. The van der Waals surface area contributed by atoms with Crippen LogP contribution in [0.2, 0.25) is 0 Å². The molecule has 0 aliphatic rings. The smallest absolute Gasteiger partial charge is 0.255 e. The van der Waals surface area contributed by atoms with E-state index in [0.29, 0.717) is 5.56 Å². The summed E-state index contributed by atoms with van der Waals surface area (Å²) < 4.78 is 1.77. The van der Waals surface area contributed by atoms with Gasteiger partial charge in [0.05, 0.1) is 22.8 Å². The van der Waals surface area contributed by atoms with Crippen molar-refractivity contribution < 1.29 is 4.79 Å². The Morgan fingerprint density at radius 1 is 1.21 bits per heavy atom. The number of hydrogen-bond donors (Lipinski definition) is 1. The summed E-state index contributed by atoms with van der Waals surface area (Å²) in [6, 6.07) is 13.9. The van der Waals surface area contributed by atoms with Crippen LogP contribution in [0.3, 0.4) is 0 Å². The molecular formula is C22H27N5O. The summed E-state index contributed by atoms with van der Waals surface area (Å²) >= 11 is 0. The molecule has 0 aliphatic carbocycles. The number of carbonyl (C=O) groups excluding carboxylic acids is 1. The highest BCUT2D eigenvalue weighted by Crippen LogP contribution is 2.21. The van der Waals surface area contributed by atoms with Gasteiger partial charge in [0.2, 0.25) is 0 Å². The molecule has 0 saturated heterocycles. The summed E-state index contributed by atoms with van der Waals surface area (Å²) in [7, 11) is 3.94. The normalized spacial score (nSPS) is 12.2. The van der Waals surface area contributed by atoms with Gasteiger partial charge >= 0.3 is 0 Å². The lowest BCUT2D eigenvalue weighted by atomic mass is 10.1. The molecule has 0 fully saturated rings. The van der Waals surface area contributed by atoms with E-state index in [9.17, 15) is 4.79 Å². The fourth-order valence-corrected chi connectivity index (χ4v) is 3.22. The number of nitrogens with zero attached hydrogens (tertiary/aromatic N) is 4. The number of benzene rings is 1. The van der Waals surface area contributed by atoms with E-state index in [0.717, 1.165) is 34.9 Å². The third-order valence-electron chi connectivity index (χ3n) is 5.15. The van der Waals surface area contributed by atoms with Crippen LogP contribution in [0.4, 0.5) is 5.69 Å². The number of carbonyl (C=O) groups is 1. The second-order valence-electron chi connectivity index (χ2n) is 7.17. The maximum atomic E-state index is 12.7. The second kappa shape index (κ2) is 8.35. The van der Waals surface area contributed by atoms with E-state index in [2.05, 4.69) is 34.3 Å². The SMILES string of the molecule is Cc1nn(C)c(C)c1NC(=O)c1cccc(CN(C)[C@H](C)c2ccccn2)c1. The minimum atomic E-state index is -0.124. The Balaban J connectivity index is 1.72.